The number of carbonyl (C=O) groups is 1. The number of nitrogens with two attached hydrogens (primary N) is 3. The van der Waals surface area contributed by atoms with E-state index in [0.717, 1.165) is 68.8 Å². The van der Waals surface area contributed by atoms with E-state index in [1.165, 1.54) is 31.2 Å². The van der Waals surface area contributed by atoms with Crippen LogP contribution in [0.25, 0.3) is 5.70 Å². The fourth-order valence-electron chi connectivity index (χ4n) is 8.95. The molecule has 1 saturated heterocycles. The first-order valence-corrected chi connectivity index (χ1v) is 23.5. The standard InChI is InChI=1S/C31H40N4O3.C21H34N4O/c1-21(2)30(31(36)37-20-23-7-5-4-6-8-23)29-17-28(34-38-29)25-9-11-27(12-10-25)35-15-13-24(14-16-35)26-18-32-22(3)33-19-26;1-4-13-25(14-9-10-16(5-2)6-3)19(21(23)24)15-18(22)17-11-7-8-12-20(17)26/h4-8,17-19,21,24-25,27,30H,9-16,20H2,1-3H3;7-12,15-16,26H,4-6,13-14,22-24H2,1-3H3/b;10-9-,18-15-. The van der Waals surface area contributed by atoms with E-state index in [1.54, 1.807) is 24.3 Å². The minimum absolute atomic E-state index is 0.0595. The number of hydrogen-bond donors (Lipinski definition) is 4. The second-order valence-electron chi connectivity index (χ2n) is 17.8. The normalized spacial score (nSPS) is 17.8. The van der Waals surface area contributed by atoms with Crippen LogP contribution in [0.2, 0.25) is 0 Å². The van der Waals surface area contributed by atoms with Crippen LogP contribution in [-0.4, -0.2) is 68.2 Å². The molecule has 1 unspecified atom stereocenters. The Labute approximate surface area is 382 Å². The molecule has 12 nitrogen and oxygen atoms in total. The predicted molar refractivity (Wildman–Crippen MR) is 256 cm³/mol. The van der Waals surface area contributed by atoms with Crippen LogP contribution in [0.15, 0.2) is 107 Å². The van der Waals surface area contributed by atoms with Crippen LogP contribution in [0, 0.1) is 18.8 Å². The summed E-state index contributed by atoms with van der Waals surface area (Å²) in [7, 11) is 0. The maximum absolute atomic E-state index is 13.0. The summed E-state index contributed by atoms with van der Waals surface area (Å²) in [6.45, 7) is 16.6. The highest BCUT2D eigenvalue weighted by Gasteiger charge is 2.34. The zero-order valence-corrected chi connectivity index (χ0v) is 39.2. The molecule has 0 bridgehead atoms. The van der Waals surface area contributed by atoms with Gasteiger partial charge in [-0.2, -0.15) is 0 Å². The number of phenols is 1. The molecule has 6 rings (SSSR count). The van der Waals surface area contributed by atoms with Gasteiger partial charge in [-0.25, -0.2) is 9.97 Å². The van der Waals surface area contributed by atoms with Crippen molar-refractivity contribution in [3.63, 3.8) is 0 Å². The lowest BCUT2D eigenvalue weighted by Crippen LogP contribution is -2.42. The molecule has 346 valence electrons. The summed E-state index contributed by atoms with van der Waals surface area (Å²) in [6.07, 6.45) is 20.3. The van der Waals surface area contributed by atoms with Crippen molar-refractivity contribution < 1.29 is 19.2 Å². The molecule has 0 spiro atoms. The van der Waals surface area contributed by atoms with Gasteiger partial charge in [0.25, 0.3) is 0 Å². The van der Waals surface area contributed by atoms with Gasteiger partial charge in [0.05, 0.1) is 11.4 Å². The first kappa shape index (κ1) is 49.4. The number of benzene rings is 2. The summed E-state index contributed by atoms with van der Waals surface area (Å²) >= 11 is 0. The lowest BCUT2D eigenvalue weighted by atomic mass is 9.81. The number of carbonyl (C=O) groups excluding carboxylic acids is 1. The van der Waals surface area contributed by atoms with Crippen LogP contribution >= 0.6 is 0 Å². The summed E-state index contributed by atoms with van der Waals surface area (Å²) in [4.78, 5) is 26.5. The third-order valence-corrected chi connectivity index (χ3v) is 12.9. The smallest absolute Gasteiger partial charge is 0.317 e. The van der Waals surface area contributed by atoms with Gasteiger partial charge in [-0.15, -0.1) is 0 Å². The molecule has 3 heterocycles. The second kappa shape index (κ2) is 25.0. The number of aryl methyl sites for hydroxylation is 1. The number of para-hydroxylation sites is 1. The Morgan fingerprint density at radius 2 is 1.58 bits per heavy atom. The molecule has 1 aliphatic carbocycles. The molecule has 12 heteroatoms. The maximum Gasteiger partial charge on any atom is 0.317 e. The third-order valence-electron chi connectivity index (χ3n) is 12.9. The minimum atomic E-state index is -0.448. The number of piperidine rings is 1. The lowest BCUT2D eigenvalue weighted by Gasteiger charge is -2.40. The van der Waals surface area contributed by atoms with Gasteiger partial charge in [0, 0.05) is 54.8 Å². The van der Waals surface area contributed by atoms with Crippen molar-refractivity contribution in [2.24, 2.45) is 29.0 Å². The monoisotopic (exact) mass is 875 g/mol. The average molecular weight is 875 g/mol. The Morgan fingerprint density at radius 1 is 0.922 bits per heavy atom. The van der Waals surface area contributed by atoms with E-state index in [4.69, 9.17) is 26.5 Å². The Bertz CT molecular complexity index is 2090. The number of likely N-dealkylation sites (tertiary alicyclic amines) is 1. The van der Waals surface area contributed by atoms with Gasteiger partial charge in [-0.1, -0.05) is 94.4 Å². The van der Waals surface area contributed by atoms with Crippen LogP contribution < -0.4 is 17.2 Å². The third kappa shape index (κ3) is 14.2. The largest absolute Gasteiger partial charge is 0.507 e. The molecule has 0 radical (unpaired) electrons. The number of esters is 1. The van der Waals surface area contributed by atoms with E-state index in [-0.39, 0.29) is 30.1 Å². The van der Waals surface area contributed by atoms with Gasteiger partial charge in [-0.3, -0.25) is 4.79 Å². The van der Waals surface area contributed by atoms with E-state index >= 15 is 0 Å². The Morgan fingerprint density at radius 3 is 2.19 bits per heavy atom. The van der Waals surface area contributed by atoms with Crippen molar-refractivity contribution in [3.8, 4) is 5.75 Å². The number of rotatable bonds is 18. The fraction of sp³-hybridized carbons (Fsp3) is 0.500. The zero-order valence-electron chi connectivity index (χ0n) is 39.2. The van der Waals surface area contributed by atoms with Gasteiger partial charge in [0.1, 0.15) is 29.9 Å². The lowest BCUT2D eigenvalue weighted by molar-refractivity contribution is -0.148. The Kier molecular flexibility index (Phi) is 19.3. The number of hydrogen-bond acceptors (Lipinski definition) is 12. The van der Waals surface area contributed by atoms with Gasteiger partial charge in [0.2, 0.25) is 0 Å². The van der Waals surface area contributed by atoms with Crippen molar-refractivity contribution in [1.29, 1.82) is 0 Å². The highest BCUT2D eigenvalue weighted by atomic mass is 16.5. The highest BCUT2D eigenvalue weighted by molar-refractivity contribution is 5.77. The summed E-state index contributed by atoms with van der Waals surface area (Å²) < 4.78 is 11.4. The number of aromatic hydroxyl groups is 1. The summed E-state index contributed by atoms with van der Waals surface area (Å²) in [6, 6.07) is 19.4. The van der Waals surface area contributed by atoms with Crippen molar-refractivity contribution in [2.75, 3.05) is 26.2 Å². The predicted octanol–water partition coefficient (Wildman–Crippen LogP) is 9.64. The van der Waals surface area contributed by atoms with Gasteiger partial charge >= 0.3 is 5.97 Å². The highest BCUT2D eigenvalue weighted by Crippen LogP contribution is 2.38. The van der Waals surface area contributed by atoms with Crippen LogP contribution in [0.3, 0.4) is 0 Å². The Balaban J connectivity index is 0.000000261. The molecule has 0 amide bonds. The molecular formula is C52H74N8O4. The molecule has 2 fully saturated rings. The molecule has 2 aromatic carbocycles. The maximum atomic E-state index is 13.0. The zero-order chi connectivity index (χ0) is 46.0. The number of nitrogens with zero attached hydrogens (tertiary/aromatic N) is 5. The summed E-state index contributed by atoms with van der Waals surface area (Å²) in [5.41, 5.74) is 23.0. The van der Waals surface area contributed by atoms with E-state index in [9.17, 15) is 9.90 Å². The first-order chi connectivity index (χ1) is 30.9. The Hall–Kier alpha value is -5.62. The first-order valence-electron chi connectivity index (χ1n) is 23.5. The van der Waals surface area contributed by atoms with Crippen LogP contribution in [0.5, 0.6) is 5.75 Å². The minimum Gasteiger partial charge on any atom is -0.507 e. The number of aromatic nitrogens is 3. The molecule has 2 aliphatic rings. The molecule has 2 aromatic heterocycles. The van der Waals surface area contributed by atoms with Gasteiger partial charge in [0.15, 0.2) is 5.76 Å². The van der Waals surface area contributed by atoms with Crippen LogP contribution in [0.4, 0.5) is 0 Å². The fourth-order valence-corrected chi connectivity index (χ4v) is 8.95. The molecule has 64 heavy (non-hydrogen) atoms. The van der Waals surface area contributed by atoms with E-state index < -0.39 is 5.92 Å². The molecular weight excluding hydrogens is 801 g/mol. The van der Waals surface area contributed by atoms with Crippen molar-refractivity contribution in [3.05, 3.63) is 137 Å². The number of ether oxygens (including phenoxy) is 1. The number of phenolic OH excluding ortho intramolecular Hbond substituents is 1. The van der Waals surface area contributed by atoms with Crippen LogP contribution in [0.1, 0.15) is 144 Å². The van der Waals surface area contributed by atoms with Crippen LogP contribution in [-0.2, 0) is 16.1 Å². The topological polar surface area (TPSA) is 183 Å². The second-order valence-corrected chi connectivity index (χ2v) is 17.8. The number of allylic oxidation sites excluding steroid dienone is 2. The van der Waals surface area contributed by atoms with E-state index in [1.807, 2.05) is 75.6 Å². The molecule has 7 N–H and O–H groups in total. The molecule has 1 aliphatic heterocycles. The van der Waals surface area contributed by atoms with Gasteiger partial charge in [-0.05, 0) is 125 Å². The molecule has 1 atom stereocenters. The van der Waals surface area contributed by atoms with Gasteiger partial charge < -0.3 is 41.4 Å². The SMILES string of the molecule is CCCN(C/C=C\C(CC)CC)C(/C=C(\N)c1ccccc1O)=C(N)N.Cc1ncc(C2CCN(C3CCC(c4cc(C(C(=O)OCc5ccccc5)C(C)C)on4)CC3)CC2)cn1. The van der Waals surface area contributed by atoms with Crippen molar-refractivity contribution >= 4 is 11.7 Å². The molecule has 1 saturated carbocycles. The quantitative estimate of drug-likeness (QED) is 0.0423. The van der Waals surface area contributed by atoms with Crippen molar-refractivity contribution in [2.45, 2.75) is 130 Å². The summed E-state index contributed by atoms with van der Waals surface area (Å²) in [5, 5.41) is 14.4. The summed E-state index contributed by atoms with van der Waals surface area (Å²) in [5.74, 6) is 2.71. The average Bonchev–Trinajstić information content (AvgIpc) is 3.79. The van der Waals surface area contributed by atoms with E-state index in [0.29, 0.717) is 53.1 Å². The van der Waals surface area contributed by atoms with E-state index in [2.05, 4.69) is 57.8 Å². The van der Waals surface area contributed by atoms with Crippen molar-refractivity contribution in [1.82, 2.24) is 24.9 Å². The molecule has 4 aromatic rings.